The van der Waals surface area contributed by atoms with Gasteiger partial charge in [-0.25, -0.2) is 0 Å². The van der Waals surface area contributed by atoms with E-state index in [2.05, 4.69) is 0 Å². The molecule has 5 heteroatoms. The Hall–Kier alpha value is -1.65. The molecule has 0 aliphatic rings. The van der Waals surface area contributed by atoms with Gasteiger partial charge in [-0.2, -0.15) is 0 Å². The molecule has 1 atom stereocenters. The van der Waals surface area contributed by atoms with Gasteiger partial charge in [0.05, 0.1) is 0 Å². The van der Waals surface area contributed by atoms with Crippen molar-refractivity contribution in [2.75, 3.05) is 13.3 Å². The van der Waals surface area contributed by atoms with Gasteiger partial charge in [0.1, 0.15) is 0 Å². The van der Waals surface area contributed by atoms with Gasteiger partial charge in [0.25, 0.3) is 0 Å². The first-order valence-electron chi connectivity index (χ1n) is 7.36. The third kappa shape index (κ3) is 5.48. The lowest BCUT2D eigenvalue weighted by Gasteiger charge is -2.17. The summed E-state index contributed by atoms with van der Waals surface area (Å²) in [7, 11) is 0.827. The number of hydrogen-bond donors (Lipinski definition) is 0. The molecular formula is C18H20ClNO2S. The van der Waals surface area contributed by atoms with Gasteiger partial charge in [-0.1, -0.05) is 35.9 Å². The summed E-state index contributed by atoms with van der Waals surface area (Å²) in [5, 5.41) is 0.702. The Kier molecular flexibility index (Phi) is 6.37. The van der Waals surface area contributed by atoms with Crippen molar-refractivity contribution < 1.29 is 9.00 Å². The lowest BCUT2D eigenvalue weighted by molar-refractivity contribution is -0.130. The first-order valence-corrected chi connectivity index (χ1v) is 9.30. The van der Waals surface area contributed by atoms with Crippen LogP contribution in [0.3, 0.4) is 0 Å². The summed E-state index contributed by atoms with van der Waals surface area (Å²) in [6.07, 6.45) is 2.82. The fraction of sp³-hybridized carbons (Fsp3) is 0.278. The molecule has 0 aliphatic heterocycles. The second-order valence-corrected chi connectivity index (χ2v) is 7.29. The minimum atomic E-state index is -0.975. The van der Waals surface area contributed by atoms with Gasteiger partial charge in [0.2, 0.25) is 5.91 Å². The molecule has 2 rings (SSSR count). The van der Waals surface area contributed by atoms with E-state index >= 15 is 0 Å². The molecule has 0 spiro atoms. The maximum absolute atomic E-state index is 12.2. The second kappa shape index (κ2) is 8.27. The summed E-state index contributed by atoms with van der Waals surface area (Å²) < 4.78 is 11.4. The predicted octanol–water partition coefficient (Wildman–Crippen LogP) is 3.67. The SMILES string of the molecule is CN(Cc1ccc([S@](C)=O)cc1)C(=O)CCc1ccc(Cl)cc1. The number of amides is 1. The van der Waals surface area contributed by atoms with E-state index in [0.717, 1.165) is 16.0 Å². The van der Waals surface area contributed by atoms with Crippen LogP contribution in [0.1, 0.15) is 17.5 Å². The van der Waals surface area contributed by atoms with E-state index in [1.165, 1.54) is 0 Å². The standard InChI is InChI=1S/C18H20ClNO2S/c1-20(13-15-5-10-17(11-6-15)23(2)22)18(21)12-7-14-3-8-16(19)9-4-14/h3-6,8-11H,7,12-13H2,1-2H3/t23-/m0/s1. The lowest BCUT2D eigenvalue weighted by atomic mass is 10.1. The molecule has 2 aromatic rings. The zero-order valence-electron chi connectivity index (χ0n) is 13.3. The van der Waals surface area contributed by atoms with Crippen LogP contribution < -0.4 is 0 Å². The molecule has 0 saturated heterocycles. The zero-order valence-corrected chi connectivity index (χ0v) is 14.9. The molecule has 0 aromatic heterocycles. The average Bonchev–Trinajstić information content (AvgIpc) is 2.54. The highest BCUT2D eigenvalue weighted by atomic mass is 35.5. The first-order chi connectivity index (χ1) is 11.0. The van der Waals surface area contributed by atoms with E-state index in [0.29, 0.717) is 24.4 Å². The highest BCUT2D eigenvalue weighted by Crippen LogP contribution is 2.13. The Morgan fingerprint density at radius 3 is 2.17 bits per heavy atom. The van der Waals surface area contributed by atoms with Gasteiger partial charge in [-0.05, 0) is 41.8 Å². The van der Waals surface area contributed by atoms with Crippen LogP contribution >= 0.6 is 11.6 Å². The molecule has 1 amide bonds. The van der Waals surface area contributed by atoms with Crippen LogP contribution in [0.2, 0.25) is 5.02 Å². The first kappa shape index (κ1) is 17.7. The highest BCUT2D eigenvalue weighted by molar-refractivity contribution is 7.84. The van der Waals surface area contributed by atoms with Crippen molar-refractivity contribution in [1.82, 2.24) is 4.90 Å². The van der Waals surface area contributed by atoms with Crippen molar-refractivity contribution in [1.29, 1.82) is 0 Å². The number of aryl methyl sites for hydroxylation is 1. The number of carbonyl (C=O) groups is 1. The van der Waals surface area contributed by atoms with Crippen LogP contribution in [-0.4, -0.2) is 28.3 Å². The van der Waals surface area contributed by atoms with E-state index < -0.39 is 10.8 Å². The maximum atomic E-state index is 12.2. The normalized spacial score (nSPS) is 12.0. The number of rotatable bonds is 6. The van der Waals surface area contributed by atoms with E-state index in [9.17, 15) is 9.00 Å². The van der Waals surface area contributed by atoms with Crippen LogP contribution in [0.25, 0.3) is 0 Å². The van der Waals surface area contributed by atoms with E-state index in [1.54, 1.807) is 18.2 Å². The molecule has 0 fully saturated rings. The summed E-state index contributed by atoms with van der Waals surface area (Å²) in [6.45, 7) is 0.552. The van der Waals surface area contributed by atoms with Crippen molar-refractivity contribution in [2.24, 2.45) is 0 Å². The minimum absolute atomic E-state index is 0.100. The van der Waals surface area contributed by atoms with Gasteiger partial charge in [-0.3, -0.25) is 9.00 Å². The van der Waals surface area contributed by atoms with Crippen LogP contribution in [0.15, 0.2) is 53.4 Å². The van der Waals surface area contributed by atoms with E-state index in [-0.39, 0.29) is 5.91 Å². The molecule has 122 valence electrons. The summed E-state index contributed by atoms with van der Waals surface area (Å²) in [5.74, 6) is 0.100. The maximum Gasteiger partial charge on any atom is 0.222 e. The molecule has 0 bridgehead atoms. The van der Waals surface area contributed by atoms with Gasteiger partial charge in [0, 0.05) is 47.0 Å². The van der Waals surface area contributed by atoms with Gasteiger partial charge >= 0.3 is 0 Å². The van der Waals surface area contributed by atoms with Gasteiger partial charge in [-0.15, -0.1) is 0 Å². The molecule has 23 heavy (non-hydrogen) atoms. The molecule has 0 N–H and O–H groups in total. The van der Waals surface area contributed by atoms with Crippen molar-refractivity contribution in [2.45, 2.75) is 24.3 Å². The van der Waals surface area contributed by atoms with Crippen molar-refractivity contribution in [3.8, 4) is 0 Å². The summed E-state index contributed by atoms with van der Waals surface area (Å²) in [6, 6.07) is 15.1. The third-order valence-electron chi connectivity index (χ3n) is 3.64. The van der Waals surface area contributed by atoms with Crippen LogP contribution in [-0.2, 0) is 28.6 Å². The highest BCUT2D eigenvalue weighted by Gasteiger charge is 2.10. The Morgan fingerprint density at radius 2 is 1.61 bits per heavy atom. The monoisotopic (exact) mass is 349 g/mol. The number of hydrogen-bond acceptors (Lipinski definition) is 2. The smallest absolute Gasteiger partial charge is 0.222 e. The zero-order chi connectivity index (χ0) is 16.8. The topological polar surface area (TPSA) is 37.4 Å². The van der Waals surface area contributed by atoms with Crippen LogP contribution in [0.5, 0.6) is 0 Å². The number of benzene rings is 2. The summed E-state index contributed by atoms with van der Waals surface area (Å²) in [5.41, 5.74) is 2.13. The molecule has 2 aromatic carbocycles. The second-order valence-electron chi connectivity index (χ2n) is 5.47. The van der Waals surface area contributed by atoms with E-state index in [1.807, 2.05) is 48.5 Å². The summed E-state index contributed by atoms with van der Waals surface area (Å²) in [4.78, 5) is 14.7. The average molecular weight is 350 g/mol. The third-order valence-corrected chi connectivity index (χ3v) is 4.83. The minimum Gasteiger partial charge on any atom is -0.341 e. The van der Waals surface area contributed by atoms with Crippen LogP contribution in [0, 0.1) is 0 Å². The van der Waals surface area contributed by atoms with Crippen molar-refractivity contribution >= 4 is 28.3 Å². The molecule has 0 radical (unpaired) electrons. The molecule has 0 saturated carbocycles. The largest absolute Gasteiger partial charge is 0.341 e. The molecular weight excluding hydrogens is 330 g/mol. The van der Waals surface area contributed by atoms with Crippen molar-refractivity contribution in [3.05, 3.63) is 64.7 Å². The number of halogens is 1. The van der Waals surface area contributed by atoms with Gasteiger partial charge < -0.3 is 4.90 Å². The van der Waals surface area contributed by atoms with E-state index in [4.69, 9.17) is 11.6 Å². The van der Waals surface area contributed by atoms with Gasteiger partial charge in [0.15, 0.2) is 0 Å². The molecule has 0 aliphatic carbocycles. The molecule has 0 unspecified atom stereocenters. The Labute approximate surface area is 144 Å². The van der Waals surface area contributed by atoms with Crippen LogP contribution in [0.4, 0.5) is 0 Å². The quantitative estimate of drug-likeness (QED) is 0.798. The molecule has 3 nitrogen and oxygen atoms in total. The molecule has 0 heterocycles. The number of carbonyl (C=O) groups excluding carboxylic acids is 1. The Morgan fingerprint density at radius 1 is 1.04 bits per heavy atom. The predicted molar refractivity (Wildman–Crippen MR) is 95.0 cm³/mol. The Bertz CT molecular complexity index is 683. The summed E-state index contributed by atoms with van der Waals surface area (Å²) >= 11 is 5.85. The Balaban J connectivity index is 1.86. The fourth-order valence-corrected chi connectivity index (χ4v) is 2.89. The van der Waals surface area contributed by atoms with Crippen molar-refractivity contribution in [3.63, 3.8) is 0 Å². The fourth-order valence-electron chi connectivity index (χ4n) is 2.24. The lowest BCUT2D eigenvalue weighted by Crippen LogP contribution is -2.26. The number of nitrogens with zero attached hydrogens (tertiary/aromatic N) is 1.